The molecule has 6 nitrogen and oxygen atoms in total. The van der Waals surface area contributed by atoms with Crippen LogP contribution in [0.15, 0.2) is 61.1 Å². The second kappa shape index (κ2) is 6.90. The largest absolute Gasteiger partial charge is 0.477 e. The highest BCUT2D eigenvalue weighted by Gasteiger charge is 2.21. The van der Waals surface area contributed by atoms with E-state index in [4.69, 9.17) is 16.7 Å². The van der Waals surface area contributed by atoms with Crippen LogP contribution in [0.2, 0.25) is 5.02 Å². The molecule has 138 valence electrons. The van der Waals surface area contributed by atoms with Crippen molar-refractivity contribution in [2.45, 2.75) is 6.92 Å². The van der Waals surface area contributed by atoms with Crippen molar-refractivity contribution in [1.29, 1.82) is 0 Å². The molecule has 0 atom stereocenters. The molecule has 3 heterocycles. The zero-order chi connectivity index (χ0) is 19.8. The number of hydrogen-bond donors (Lipinski definition) is 1. The number of carbonyl (C=O) groups excluding carboxylic acids is 1. The maximum atomic E-state index is 13.3. The fraction of sp³-hybridized carbons (Fsp3) is 0.0476. The molecule has 0 fully saturated rings. The fourth-order valence-corrected chi connectivity index (χ4v) is 3.45. The van der Waals surface area contributed by atoms with Crippen LogP contribution in [0.25, 0.3) is 16.7 Å². The summed E-state index contributed by atoms with van der Waals surface area (Å²) < 4.78 is 1.72. The smallest absolute Gasteiger partial charge is 0.354 e. The van der Waals surface area contributed by atoms with E-state index in [9.17, 15) is 9.59 Å². The molecule has 0 spiro atoms. The molecule has 0 amide bonds. The van der Waals surface area contributed by atoms with Gasteiger partial charge in [0.25, 0.3) is 0 Å². The number of pyridine rings is 2. The van der Waals surface area contributed by atoms with Gasteiger partial charge in [-0.05, 0) is 42.8 Å². The molecule has 4 rings (SSSR count). The van der Waals surface area contributed by atoms with Crippen LogP contribution in [0.1, 0.15) is 32.0 Å². The van der Waals surface area contributed by atoms with Gasteiger partial charge in [-0.3, -0.25) is 9.36 Å². The number of aromatic nitrogens is 3. The lowest BCUT2D eigenvalue weighted by Gasteiger charge is -2.06. The van der Waals surface area contributed by atoms with Gasteiger partial charge in [0.05, 0.1) is 22.5 Å². The van der Waals surface area contributed by atoms with E-state index in [1.165, 1.54) is 12.3 Å². The van der Waals surface area contributed by atoms with Crippen LogP contribution in [0.4, 0.5) is 0 Å². The van der Waals surface area contributed by atoms with Crippen LogP contribution in [-0.4, -0.2) is 31.4 Å². The van der Waals surface area contributed by atoms with Crippen molar-refractivity contribution < 1.29 is 14.7 Å². The van der Waals surface area contributed by atoms with Crippen molar-refractivity contribution >= 4 is 34.4 Å². The molecule has 4 aromatic rings. The van der Waals surface area contributed by atoms with E-state index < -0.39 is 5.97 Å². The van der Waals surface area contributed by atoms with Gasteiger partial charge in [0.2, 0.25) is 0 Å². The van der Waals surface area contributed by atoms with Crippen LogP contribution in [0.3, 0.4) is 0 Å². The van der Waals surface area contributed by atoms with Gasteiger partial charge < -0.3 is 5.11 Å². The van der Waals surface area contributed by atoms with Crippen molar-refractivity contribution in [3.63, 3.8) is 0 Å². The lowest BCUT2D eigenvalue weighted by atomic mass is 9.99. The highest BCUT2D eigenvalue weighted by atomic mass is 35.5. The molecule has 0 bridgehead atoms. The average Bonchev–Trinajstić information content (AvgIpc) is 3.07. The minimum atomic E-state index is -1.10. The first kappa shape index (κ1) is 17.9. The number of carboxylic acid groups (broad SMARTS) is 1. The number of ketones is 1. The Morgan fingerprint density at radius 1 is 1.07 bits per heavy atom. The van der Waals surface area contributed by atoms with Crippen LogP contribution in [-0.2, 0) is 0 Å². The fourth-order valence-electron chi connectivity index (χ4n) is 3.15. The third-order valence-corrected chi connectivity index (χ3v) is 4.82. The minimum absolute atomic E-state index is 0.0591. The Hall–Kier alpha value is -3.51. The Kier molecular flexibility index (Phi) is 4.41. The molecule has 0 aliphatic carbocycles. The molecule has 7 heteroatoms. The number of rotatable bonds is 4. The third kappa shape index (κ3) is 2.93. The summed E-state index contributed by atoms with van der Waals surface area (Å²) in [4.78, 5) is 32.6. The molecule has 1 N–H and O–H groups in total. The number of halogens is 1. The highest BCUT2D eigenvalue weighted by molar-refractivity contribution is 6.35. The zero-order valence-corrected chi connectivity index (χ0v) is 15.5. The Labute approximate surface area is 165 Å². The molecule has 0 saturated heterocycles. The highest BCUT2D eigenvalue weighted by Crippen LogP contribution is 2.29. The predicted octanol–water partition coefficient (Wildman–Crippen LogP) is 4.31. The number of fused-ring (bicyclic) bond motifs is 1. The summed E-state index contributed by atoms with van der Waals surface area (Å²) >= 11 is 6.29. The van der Waals surface area contributed by atoms with Crippen molar-refractivity contribution in [2.75, 3.05) is 0 Å². The Morgan fingerprint density at radius 2 is 1.89 bits per heavy atom. The summed E-state index contributed by atoms with van der Waals surface area (Å²) in [6, 6.07) is 11.9. The van der Waals surface area contributed by atoms with Crippen LogP contribution < -0.4 is 0 Å². The van der Waals surface area contributed by atoms with E-state index in [-0.39, 0.29) is 11.5 Å². The van der Waals surface area contributed by atoms with Gasteiger partial charge in [-0.15, -0.1) is 0 Å². The van der Waals surface area contributed by atoms with E-state index in [1.807, 2.05) is 19.1 Å². The number of nitrogens with zero attached hydrogens (tertiary/aromatic N) is 3. The van der Waals surface area contributed by atoms with Gasteiger partial charge in [-0.1, -0.05) is 23.7 Å². The monoisotopic (exact) mass is 391 g/mol. The number of carboxylic acids is 1. The molecular formula is C21H14ClN3O3. The molecule has 1 aromatic carbocycles. The van der Waals surface area contributed by atoms with Crippen LogP contribution >= 0.6 is 11.6 Å². The number of carbonyl (C=O) groups is 2. The lowest BCUT2D eigenvalue weighted by Crippen LogP contribution is -2.04. The summed E-state index contributed by atoms with van der Waals surface area (Å²) in [6.45, 7) is 1.84. The molecule has 0 radical (unpaired) electrons. The second-order valence-electron chi connectivity index (χ2n) is 6.25. The number of benzene rings is 1. The Balaban J connectivity index is 1.90. The van der Waals surface area contributed by atoms with E-state index >= 15 is 0 Å². The zero-order valence-electron chi connectivity index (χ0n) is 14.8. The molecule has 0 aliphatic rings. The SMILES string of the molecule is Cc1cccc(Cl)c1C(=O)c1cn(-c2ccc(C(=O)O)nc2)c2ncccc12. The summed E-state index contributed by atoms with van der Waals surface area (Å²) in [5.41, 5.74) is 2.81. The molecule has 3 aromatic heterocycles. The van der Waals surface area contributed by atoms with Gasteiger partial charge in [0, 0.05) is 23.3 Å². The third-order valence-electron chi connectivity index (χ3n) is 4.50. The summed E-state index contributed by atoms with van der Waals surface area (Å²) in [5.74, 6) is -1.30. The van der Waals surface area contributed by atoms with Crippen LogP contribution in [0.5, 0.6) is 0 Å². The standard InChI is InChI=1S/C21H14ClN3O3/c1-12-4-2-6-16(22)18(12)19(26)15-11-25(20-14(15)5-3-9-23-20)13-7-8-17(21(27)28)24-10-13/h2-11H,1H3,(H,27,28). The molecule has 0 aliphatic heterocycles. The molecule has 0 unspecified atom stereocenters. The van der Waals surface area contributed by atoms with Crippen molar-refractivity contribution in [2.24, 2.45) is 0 Å². The number of aromatic carboxylic acids is 1. The van der Waals surface area contributed by atoms with Crippen molar-refractivity contribution in [1.82, 2.24) is 14.5 Å². The maximum absolute atomic E-state index is 13.3. The summed E-state index contributed by atoms with van der Waals surface area (Å²) in [5, 5.41) is 10.1. The first-order valence-electron chi connectivity index (χ1n) is 8.43. The maximum Gasteiger partial charge on any atom is 0.354 e. The van der Waals surface area contributed by atoms with E-state index in [0.717, 1.165) is 5.56 Å². The molecule has 0 saturated carbocycles. The van der Waals surface area contributed by atoms with Gasteiger partial charge in [0.1, 0.15) is 11.3 Å². The van der Waals surface area contributed by atoms with Gasteiger partial charge in [-0.25, -0.2) is 14.8 Å². The topological polar surface area (TPSA) is 85.1 Å². The van der Waals surface area contributed by atoms with Crippen molar-refractivity contribution in [3.05, 3.63) is 88.5 Å². The summed E-state index contributed by atoms with van der Waals surface area (Å²) in [7, 11) is 0. The van der Waals surface area contributed by atoms with E-state index in [2.05, 4.69) is 9.97 Å². The average molecular weight is 392 g/mol. The summed E-state index contributed by atoms with van der Waals surface area (Å²) in [6.07, 6.45) is 4.75. The van der Waals surface area contributed by atoms with Gasteiger partial charge in [-0.2, -0.15) is 0 Å². The van der Waals surface area contributed by atoms with E-state index in [1.54, 1.807) is 41.2 Å². The predicted molar refractivity (Wildman–Crippen MR) is 105 cm³/mol. The molecular weight excluding hydrogens is 378 g/mol. The van der Waals surface area contributed by atoms with Gasteiger partial charge >= 0.3 is 5.97 Å². The van der Waals surface area contributed by atoms with Gasteiger partial charge in [0.15, 0.2) is 5.78 Å². The number of hydrogen-bond acceptors (Lipinski definition) is 4. The Morgan fingerprint density at radius 3 is 2.57 bits per heavy atom. The normalized spacial score (nSPS) is 10.9. The van der Waals surface area contributed by atoms with Crippen molar-refractivity contribution in [3.8, 4) is 5.69 Å². The van der Waals surface area contributed by atoms with Crippen LogP contribution in [0, 0.1) is 6.92 Å². The first-order valence-corrected chi connectivity index (χ1v) is 8.81. The quantitative estimate of drug-likeness (QED) is 0.524. The van der Waals surface area contributed by atoms with E-state index in [0.29, 0.717) is 32.9 Å². The first-order chi connectivity index (χ1) is 13.5. The number of aryl methyl sites for hydroxylation is 1. The Bertz CT molecular complexity index is 1210. The second-order valence-corrected chi connectivity index (χ2v) is 6.66. The minimum Gasteiger partial charge on any atom is -0.477 e. The lowest BCUT2D eigenvalue weighted by molar-refractivity contribution is 0.0690. The molecule has 28 heavy (non-hydrogen) atoms.